The molecule has 0 radical (unpaired) electrons. The summed E-state index contributed by atoms with van der Waals surface area (Å²) in [5.41, 5.74) is 1.27. The fourth-order valence-corrected chi connectivity index (χ4v) is 4.18. The van der Waals surface area contributed by atoms with Gasteiger partial charge < -0.3 is 24.2 Å². The van der Waals surface area contributed by atoms with E-state index < -0.39 is 5.97 Å². The topological polar surface area (TPSA) is 68.2 Å². The van der Waals surface area contributed by atoms with E-state index in [4.69, 9.17) is 14.2 Å². The van der Waals surface area contributed by atoms with Crippen molar-refractivity contribution in [3.8, 4) is 0 Å². The second kappa shape index (κ2) is 15.5. The number of hydrogen-bond donors (Lipinski definition) is 1. The van der Waals surface area contributed by atoms with Crippen molar-refractivity contribution >= 4 is 17.7 Å². The van der Waals surface area contributed by atoms with E-state index in [0.29, 0.717) is 35.7 Å². The Balaban J connectivity index is 3.52. The van der Waals surface area contributed by atoms with Gasteiger partial charge in [0.25, 0.3) is 0 Å². The molecule has 0 aromatic carbocycles. The van der Waals surface area contributed by atoms with Crippen molar-refractivity contribution in [3.63, 3.8) is 0 Å². The third-order valence-corrected chi connectivity index (χ3v) is 6.46. The number of carboxylic acids is 1. The summed E-state index contributed by atoms with van der Waals surface area (Å²) < 4.78 is 17.0. The van der Waals surface area contributed by atoms with Crippen molar-refractivity contribution in [1.82, 2.24) is 4.90 Å². The van der Waals surface area contributed by atoms with Gasteiger partial charge in [0.1, 0.15) is 17.3 Å². The van der Waals surface area contributed by atoms with Crippen molar-refractivity contribution in [3.05, 3.63) is 59.1 Å². The smallest absolute Gasteiger partial charge is 0.331 e. The number of methoxy groups -OCH3 is 2. The van der Waals surface area contributed by atoms with Crippen LogP contribution in [0, 0.1) is 0 Å². The molecule has 1 unspecified atom stereocenters. The zero-order chi connectivity index (χ0) is 24.8. The van der Waals surface area contributed by atoms with E-state index in [1.165, 1.54) is 0 Å². The lowest BCUT2D eigenvalue weighted by atomic mass is 10.1. The highest BCUT2D eigenvalue weighted by Crippen LogP contribution is 2.34. The van der Waals surface area contributed by atoms with E-state index in [9.17, 15) is 9.90 Å². The molecule has 0 aliphatic heterocycles. The lowest BCUT2D eigenvalue weighted by molar-refractivity contribution is -0.132. The molecule has 0 amide bonds. The molecular weight excluding hydrogens is 438 g/mol. The molecule has 0 saturated heterocycles. The van der Waals surface area contributed by atoms with E-state index in [1.54, 1.807) is 38.1 Å². The van der Waals surface area contributed by atoms with Gasteiger partial charge in [-0.25, -0.2) is 4.79 Å². The van der Waals surface area contributed by atoms with Crippen LogP contribution in [0.1, 0.15) is 59.3 Å². The molecule has 1 N–H and O–H groups in total. The number of carboxylic acid groups (broad SMARTS) is 1. The van der Waals surface area contributed by atoms with Crippen LogP contribution in [0.2, 0.25) is 0 Å². The van der Waals surface area contributed by atoms with E-state index in [-0.39, 0.29) is 5.25 Å². The zero-order valence-electron chi connectivity index (χ0n) is 21.1. The van der Waals surface area contributed by atoms with Crippen molar-refractivity contribution in [2.45, 2.75) is 64.5 Å². The normalized spacial score (nSPS) is 17.3. The summed E-state index contributed by atoms with van der Waals surface area (Å²) in [7, 11) is 3.18. The molecule has 33 heavy (non-hydrogen) atoms. The number of nitrogens with zero attached hydrogens (tertiary/aromatic N) is 1. The Morgan fingerprint density at radius 3 is 2.33 bits per heavy atom. The third kappa shape index (κ3) is 9.62. The van der Waals surface area contributed by atoms with Gasteiger partial charge in [-0.15, -0.1) is 0 Å². The summed E-state index contributed by atoms with van der Waals surface area (Å²) in [5, 5.41) is 9.80. The van der Waals surface area contributed by atoms with Gasteiger partial charge in [0.15, 0.2) is 0 Å². The first-order valence-electron chi connectivity index (χ1n) is 11.6. The SMILES string of the molecule is C=C(/C=C(\C=C(/C)OC)OC)OC1=C(N(CCCC)CCCC)C=C(C(=O)O)CCC1SC. The number of carbonyl (C=O) groups is 1. The first-order valence-corrected chi connectivity index (χ1v) is 12.9. The highest BCUT2D eigenvalue weighted by Gasteiger charge is 2.28. The molecule has 0 spiro atoms. The van der Waals surface area contributed by atoms with Gasteiger partial charge in [-0.05, 0) is 44.9 Å². The molecule has 1 aliphatic carbocycles. The van der Waals surface area contributed by atoms with E-state index >= 15 is 0 Å². The lowest BCUT2D eigenvalue weighted by Gasteiger charge is -2.30. The van der Waals surface area contributed by atoms with Gasteiger partial charge >= 0.3 is 5.97 Å². The average molecular weight is 480 g/mol. The maximum absolute atomic E-state index is 11.9. The Morgan fingerprint density at radius 1 is 1.21 bits per heavy atom. The van der Waals surface area contributed by atoms with Crippen LogP contribution in [0.15, 0.2) is 59.1 Å². The second-order valence-corrected chi connectivity index (χ2v) is 9.00. The van der Waals surface area contributed by atoms with Gasteiger partial charge in [-0.3, -0.25) is 0 Å². The Hall–Kier alpha value is -2.28. The van der Waals surface area contributed by atoms with Crippen molar-refractivity contribution in [2.75, 3.05) is 33.6 Å². The van der Waals surface area contributed by atoms with Crippen LogP contribution in [0.3, 0.4) is 0 Å². The molecular formula is C26H41NO5S. The molecule has 0 bridgehead atoms. The maximum Gasteiger partial charge on any atom is 0.331 e. The van der Waals surface area contributed by atoms with Crippen LogP contribution in [-0.2, 0) is 19.0 Å². The minimum Gasteiger partial charge on any atom is -0.501 e. The molecule has 0 fully saturated rings. The Morgan fingerprint density at radius 2 is 1.85 bits per heavy atom. The van der Waals surface area contributed by atoms with Crippen LogP contribution >= 0.6 is 11.8 Å². The molecule has 1 rings (SSSR count). The number of hydrogen-bond acceptors (Lipinski definition) is 6. The second-order valence-electron chi connectivity index (χ2n) is 7.96. The minimum absolute atomic E-state index is 0.0197. The van der Waals surface area contributed by atoms with E-state index in [2.05, 4.69) is 25.3 Å². The minimum atomic E-state index is -0.875. The Labute approximate surface area is 204 Å². The van der Waals surface area contributed by atoms with E-state index in [1.807, 2.05) is 19.3 Å². The summed E-state index contributed by atoms with van der Waals surface area (Å²) in [6.45, 7) is 12.0. The number of unbranched alkanes of at least 4 members (excludes halogenated alkanes) is 2. The molecule has 7 heteroatoms. The maximum atomic E-state index is 11.9. The van der Waals surface area contributed by atoms with Gasteiger partial charge in [0.2, 0.25) is 0 Å². The molecule has 0 saturated carbocycles. The number of allylic oxidation sites excluding steroid dienone is 4. The lowest BCUT2D eigenvalue weighted by Crippen LogP contribution is -2.28. The van der Waals surface area contributed by atoms with E-state index in [0.717, 1.165) is 50.2 Å². The van der Waals surface area contributed by atoms with Crippen LogP contribution in [0.25, 0.3) is 0 Å². The molecule has 186 valence electrons. The molecule has 6 nitrogen and oxygen atoms in total. The predicted molar refractivity (Wildman–Crippen MR) is 137 cm³/mol. The van der Waals surface area contributed by atoms with Crippen LogP contribution < -0.4 is 0 Å². The monoisotopic (exact) mass is 479 g/mol. The quantitative estimate of drug-likeness (QED) is 0.220. The summed E-state index contributed by atoms with van der Waals surface area (Å²) in [6.07, 6.45) is 12.7. The van der Waals surface area contributed by atoms with Crippen LogP contribution in [0.5, 0.6) is 0 Å². The Kier molecular flexibility index (Phi) is 13.5. The molecule has 1 aliphatic rings. The standard InChI is InChI=1S/C26H41NO5S/c1-8-10-14-27(15-11-9-2)23-18-21(26(28)29)12-13-24(33-7)25(23)32-20(4)17-22(31-6)16-19(3)30-5/h16-18,24H,4,8-15H2,1-3,5-7H3,(H,28,29)/b19-16+,22-17+. The van der Waals surface area contributed by atoms with Gasteiger partial charge in [0.05, 0.1) is 30.9 Å². The molecule has 1 atom stereocenters. The predicted octanol–water partition coefficient (Wildman–Crippen LogP) is 6.25. The largest absolute Gasteiger partial charge is 0.501 e. The first kappa shape index (κ1) is 28.8. The van der Waals surface area contributed by atoms with Gasteiger partial charge in [-0.2, -0.15) is 11.8 Å². The highest BCUT2D eigenvalue weighted by molar-refractivity contribution is 7.99. The van der Waals surface area contributed by atoms with Crippen molar-refractivity contribution in [2.24, 2.45) is 0 Å². The van der Waals surface area contributed by atoms with Crippen LogP contribution in [-0.4, -0.2) is 54.8 Å². The third-order valence-electron chi connectivity index (χ3n) is 5.44. The summed E-state index contributed by atoms with van der Waals surface area (Å²) in [4.78, 5) is 14.2. The molecule has 0 aromatic rings. The van der Waals surface area contributed by atoms with Gasteiger partial charge in [-0.1, -0.05) is 33.3 Å². The highest BCUT2D eigenvalue weighted by atomic mass is 32.2. The van der Waals surface area contributed by atoms with Gasteiger partial charge in [0, 0.05) is 30.8 Å². The van der Waals surface area contributed by atoms with Crippen LogP contribution in [0.4, 0.5) is 0 Å². The summed E-state index contributed by atoms with van der Waals surface area (Å²) in [6, 6.07) is 0. The summed E-state index contributed by atoms with van der Waals surface area (Å²) >= 11 is 1.67. The number of thioether (sulfide) groups is 1. The first-order chi connectivity index (χ1) is 15.8. The molecule has 0 aromatic heterocycles. The van der Waals surface area contributed by atoms with Crippen molar-refractivity contribution < 1.29 is 24.1 Å². The number of aliphatic carboxylic acids is 1. The number of ether oxygens (including phenoxy) is 3. The summed E-state index contributed by atoms with van der Waals surface area (Å²) in [5.74, 6) is 1.57. The zero-order valence-corrected chi connectivity index (χ0v) is 21.9. The van der Waals surface area contributed by atoms with Crippen molar-refractivity contribution in [1.29, 1.82) is 0 Å². The molecule has 0 heterocycles. The fraction of sp³-hybridized carbons (Fsp3) is 0.577. The average Bonchev–Trinajstić information content (AvgIpc) is 2.98. The fourth-order valence-electron chi connectivity index (χ4n) is 3.45. The number of rotatable bonds is 15. The Bertz CT molecular complexity index is 774.